The lowest BCUT2D eigenvalue weighted by Crippen LogP contribution is -2.18. The predicted molar refractivity (Wildman–Crippen MR) is 115 cm³/mol. The third-order valence-electron chi connectivity index (χ3n) is 4.30. The lowest BCUT2D eigenvalue weighted by atomic mass is 10.1. The fourth-order valence-corrected chi connectivity index (χ4v) is 3.32. The highest BCUT2D eigenvalue weighted by Gasteiger charge is 2.14. The number of hydrogen-bond donors (Lipinski definition) is 1. The molecule has 0 aliphatic heterocycles. The molecule has 0 fully saturated rings. The Kier molecular flexibility index (Phi) is 5.39. The maximum Gasteiger partial charge on any atom is 0.272 e. The number of para-hydroxylation sites is 1. The Bertz CT molecular complexity index is 1200. The van der Waals surface area contributed by atoms with Crippen molar-refractivity contribution >= 4 is 39.0 Å². The molecule has 2 aromatic heterocycles. The van der Waals surface area contributed by atoms with E-state index >= 15 is 0 Å². The van der Waals surface area contributed by atoms with Gasteiger partial charge in [-0.2, -0.15) is 5.10 Å². The summed E-state index contributed by atoms with van der Waals surface area (Å²) in [5.74, 6) is 0.898. The third kappa shape index (κ3) is 4.05. The lowest BCUT2D eigenvalue weighted by molar-refractivity contribution is 0.0956. The number of furan rings is 1. The van der Waals surface area contributed by atoms with Crippen LogP contribution in [-0.4, -0.2) is 24.2 Å². The van der Waals surface area contributed by atoms with E-state index < -0.39 is 0 Å². The molecule has 1 N–H and O–H groups in total. The van der Waals surface area contributed by atoms with Crippen LogP contribution in [0.5, 0.6) is 5.75 Å². The van der Waals surface area contributed by atoms with Crippen LogP contribution in [0, 0.1) is 0 Å². The fourth-order valence-electron chi connectivity index (χ4n) is 2.94. The van der Waals surface area contributed by atoms with Crippen molar-refractivity contribution < 1.29 is 13.9 Å². The summed E-state index contributed by atoms with van der Waals surface area (Å²) in [4.78, 5) is 17.5. The minimum atomic E-state index is -0.346. The Balaban J connectivity index is 1.66. The topological polar surface area (TPSA) is 76.7 Å². The van der Waals surface area contributed by atoms with E-state index in [0.29, 0.717) is 28.3 Å². The molecular formula is C22H16BrN3O3. The zero-order valence-electron chi connectivity index (χ0n) is 15.4. The molecule has 29 heavy (non-hydrogen) atoms. The van der Waals surface area contributed by atoms with Gasteiger partial charge in [-0.25, -0.2) is 10.4 Å². The van der Waals surface area contributed by atoms with E-state index in [2.05, 4.69) is 31.4 Å². The van der Waals surface area contributed by atoms with E-state index in [0.717, 1.165) is 15.4 Å². The number of hydrogen-bond acceptors (Lipinski definition) is 5. The number of halogens is 1. The summed E-state index contributed by atoms with van der Waals surface area (Å²) in [5.41, 5.74) is 5.06. The number of amides is 1. The van der Waals surface area contributed by atoms with Crippen molar-refractivity contribution in [2.75, 3.05) is 7.11 Å². The van der Waals surface area contributed by atoms with E-state index in [1.54, 1.807) is 31.6 Å². The summed E-state index contributed by atoms with van der Waals surface area (Å²) in [6.07, 6.45) is 3.11. The molecular weight excluding hydrogens is 434 g/mol. The summed E-state index contributed by atoms with van der Waals surface area (Å²) in [6, 6.07) is 18.3. The van der Waals surface area contributed by atoms with Crippen molar-refractivity contribution in [3.8, 4) is 17.2 Å². The van der Waals surface area contributed by atoms with E-state index in [1.165, 1.54) is 6.21 Å². The molecule has 0 unspecified atom stereocenters. The number of carbonyl (C=O) groups excluding carboxylic acids is 1. The first-order valence-electron chi connectivity index (χ1n) is 8.76. The van der Waals surface area contributed by atoms with E-state index in [1.807, 2.05) is 42.5 Å². The van der Waals surface area contributed by atoms with Gasteiger partial charge in [0.1, 0.15) is 11.4 Å². The zero-order chi connectivity index (χ0) is 20.2. The van der Waals surface area contributed by atoms with E-state index in [4.69, 9.17) is 9.15 Å². The molecule has 0 bridgehead atoms. The highest BCUT2D eigenvalue weighted by Crippen LogP contribution is 2.25. The molecule has 1 amide bonds. The minimum absolute atomic E-state index is 0.346. The maximum absolute atomic E-state index is 12.9. The van der Waals surface area contributed by atoms with Crippen molar-refractivity contribution in [3.05, 3.63) is 82.5 Å². The second kappa shape index (κ2) is 8.28. The lowest BCUT2D eigenvalue weighted by Gasteiger charge is -2.08. The van der Waals surface area contributed by atoms with Gasteiger partial charge in [0.15, 0.2) is 5.76 Å². The largest absolute Gasteiger partial charge is 0.496 e. The monoisotopic (exact) mass is 449 g/mol. The summed E-state index contributed by atoms with van der Waals surface area (Å²) in [5, 5.41) is 4.83. The summed E-state index contributed by atoms with van der Waals surface area (Å²) >= 11 is 3.42. The number of nitrogens with one attached hydrogen (secondary N) is 1. The van der Waals surface area contributed by atoms with Crippen LogP contribution < -0.4 is 10.2 Å². The number of aromatic nitrogens is 1. The number of methoxy groups -OCH3 is 1. The first kappa shape index (κ1) is 18.9. The first-order chi connectivity index (χ1) is 14.2. The van der Waals surface area contributed by atoms with Crippen LogP contribution in [0.3, 0.4) is 0 Å². The molecule has 2 aromatic carbocycles. The number of carbonyl (C=O) groups is 1. The van der Waals surface area contributed by atoms with Crippen LogP contribution in [0.25, 0.3) is 22.4 Å². The van der Waals surface area contributed by atoms with E-state index in [9.17, 15) is 4.79 Å². The highest BCUT2D eigenvalue weighted by atomic mass is 79.9. The molecule has 0 saturated heterocycles. The third-order valence-corrected chi connectivity index (χ3v) is 4.79. The van der Waals surface area contributed by atoms with Gasteiger partial charge in [-0.1, -0.05) is 34.1 Å². The Labute approximate surface area is 175 Å². The van der Waals surface area contributed by atoms with Gasteiger partial charge >= 0.3 is 0 Å². The van der Waals surface area contributed by atoms with Crippen molar-refractivity contribution in [1.29, 1.82) is 0 Å². The van der Waals surface area contributed by atoms with Crippen molar-refractivity contribution in [3.63, 3.8) is 0 Å². The minimum Gasteiger partial charge on any atom is -0.496 e. The Hall–Kier alpha value is -3.45. The van der Waals surface area contributed by atoms with Gasteiger partial charge in [0.05, 0.1) is 30.7 Å². The average molecular weight is 450 g/mol. The van der Waals surface area contributed by atoms with Gasteiger partial charge in [0.25, 0.3) is 5.91 Å². The first-order valence-corrected chi connectivity index (χ1v) is 9.55. The molecule has 0 aliphatic rings. The Morgan fingerprint density at radius 3 is 2.83 bits per heavy atom. The van der Waals surface area contributed by atoms with E-state index in [-0.39, 0.29) is 5.91 Å². The molecule has 0 spiro atoms. The summed E-state index contributed by atoms with van der Waals surface area (Å²) < 4.78 is 11.6. The zero-order valence-corrected chi connectivity index (χ0v) is 17.0. The molecule has 4 aromatic rings. The number of hydrazone groups is 1. The average Bonchev–Trinajstić information content (AvgIpc) is 3.28. The van der Waals surface area contributed by atoms with Crippen molar-refractivity contribution in [2.45, 2.75) is 0 Å². The van der Waals surface area contributed by atoms with Crippen LogP contribution in [0.1, 0.15) is 15.9 Å². The number of ether oxygens (including phenoxy) is 1. The summed E-state index contributed by atoms with van der Waals surface area (Å²) in [6.45, 7) is 0. The Morgan fingerprint density at radius 1 is 1.17 bits per heavy atom. The number of nitrogens with zero attached hydrogens (tertiary/aromatic N) is 2. The summed E-state index contributed by atoms with van der Waals surface area (Å²) in [7, 11) is 1.58. The molecule has 4 rings (SSSR count). The highest BCUT2D eigenvalue weighted by molar-refractivity contribution is 9.10. The molecule has 144 valence electrons. The van der Waals surface area contributed by atoms with Crippen LogP contribution in [-0.2, 0) is 0 Å². The van der Waals surface area contributed by atoms with Crippen LogP contribution >= 0.6 is 15.9 Å². The normalized spacial score (nSPS) is 11.1. The molecule has 0 saturated carbocycles. The molecule has 7 heteroatoms. The molecule has 2 heterocycles. The molecule has 6 nitrogen and oxygen atoms in total. The van der Waals surface area contributed by atoms with Crippen molar-refractivity contribution in [2.24, 2.45) is 5.10 Å². The Morgan fingerprint density at radius 2 is 2.03 bits per heavy atom. The number of fused-ring (bicyclic) bond motifs is 1. The SMILES string of the molecule is COc1ccc(Br)cc1C=NNC(=O)c1cc(-c2ccco2)nc2ccccc12. The standard InChI is InChI=1S/C22H16BrN3O3/c1-28-20-9-8-15(23)11-14(20)13-24-26-22(27)17-12-19(21-7-4-10-29-21)25-18-6-3-2-5-16(17)18/h2-13H,1H3,(H,26,27). The molecule has 0 radical (unpaired) electrons. The molecule has 0 aliphatic carbocycles. The predicted octanol–water partition coefficient (Wildman–Crippen LogP) is 5.03. The maximum atomic E-state index is 12.9. The van der Waals surface area contributed by atoms with Gasteiger partial charge in [-0.3, -0.25) is 4.79 Å². The number of rotatable bonds is 5. The second-order valence-corrected chi connectivity index (χ2v) is 7.05. The molecule has 0 atom stereocenters. The van der Waals surface area contributed by atoms with Gasteiger partial charge in [0.2, 0.25) is 0 Å². The van der Waals surface area contributed by atoms with Crippen LogP contribution in [0.4, 0.5) is 0 Å². The number of pyridine rings is 1. The van der Waals surface area contributed by atoms with Gasteiger partial charge in [0, 0.05) is 15.4 Å². The van der Waals surface area contributed by atoms with Gasteiger partial charge in [-0.15, -0.1) is 0 Å². The van der Waals surface area contributed by atoms with Crippen LogP contribution in [0.15, 0.2) is 80.9 Å². The second-order valence-electron chi connectivity index (χ2n) is 6.13. The smallest absolute Gasteiger partial charge is 0.272 e. The van der Waals surface area contributed by atoms with Gasteiger partial charge < -0.3 is 9.15 Å². The quantitative estimate of drug-likeness (QED) is 0.342. The fraction of sp³-hybridized carbons (Fsp3) is 0.0455. The number of benzene rings is 2. The van der Waals surface area contributed by atoms with Crippen molar-refractivity contribution in [1.82, 2.24) is 10.4 Å². The van der Waals surface area contributed by atoms with Crippen LogP contribution in [0.2, 0.25) is 0 Å². The van der Waals surface area contributed by atoms with Gasteiger partial charge in [-0.05, 0) is 42.5 Å².